The predicted octanol–water partition coefficient (Wildman–Crippen LogP) is 12.5. The molecule has 0 saturated carbocycles. The van der Waals surface area contributed by atoms with Crippen LogP contribution in [0.3, 0.4) is 0 Å². The van der Waals surface area contributed by atoms with Crippen molar-refractivity contribution in [2.24, 2.45) is 0 Å². The summed E-state index contributed by atoms with van der Waals surface area (Å²) in [6.07, 6.45) is 5.86. The van der Waals surface area contributed by atoms with Gasteiger partial charge in [-0.05, 0) is 42.3 Å². The topological polar surface area (TPSA) is 65.0 Å². The van der Waals surface area contributed by atoms with E-state index in [1.54, 1.807) is 0 Å². The number of hydrogen-bond donors (Lipinski definition) is 0. The van der Waals surface area contributed by atoms with Crippen LogP contribution in [0.1, 0.15) is 18.2 Å². The van der Waals surface area contributed by atoms with Gasteiger partial charge in [-0.2, -0.15) is 0 Å². The molecular weight excluding hydrogens is 627 g/mol. The Kier molecular flexibility index (Phi) is 7.44. The van der Waals surface area contributed by atoms with E-state index in [1.807, 2.05) is 110 Å². The maximum absolute atomic E-state index is 6.78. The second-order valence-corrected chi connectivity index (χ2v) is 12.3. The lowest BCUT2D eigenvalue weighted by molar-refractivity contribution is 0.604. The summed E-state index contributed by atoms with van der Waals surface area (Å²) in [5.41, 5.74) is 10.1. The number of aromatic nitrogens is 3. The lowest BCUT2D eigenvalue weighted by Gasteiger charge is -2.09. The van der Waals surface area contributed by atoms with E-state index < -0.39 is 0 Å². The van der Waals surface area contributed by atoms with E-state index >= 15 is 0 Å². The predicted molar refractivity (Wildman–Crippen MR) is 209 cm³/mol. The van der Waals surface area contributed by atoms with Crippen molar-refractivity contribution in [2.45, 2.75) is 6.92 Å². The Labute approximate surface area is 294 Å². The minimum Gasteiger partial charge on any atom is -0.455 e. The number of benzene rings is 6. The second-order valence-electron chi connectivity index (χ2n) is 12.3. The molecule has 5 heteroatoms. The van der Waals surface area contributed by atoms with E-state index in [0.717, 1.165) is 83.2 Å². The molecule has 0 radical (unpaired) electrons. The minimum absolute atomic E-state index is 0.578. The summed E-state index contributed by atoms with van der Waals surface area (Å²) in [5.74, 6) is 2.58. The van der Waals surface area contributed by atoms with Crippen LogP contribution in [0.25, 0.3) is 101 Å². The largest absolute Gasteiger partial charge is 0.455 e. The number of nitrogens with zero attached hydrogens (tertiary/aromatic N) is 3. The summed E-state index contributed by atoms with van der Waals surface area (Å²) in [4.78, 5) is 14.7. The molecule has 0 saturated heterocycles. The molecule has 3 heterocycles. The first-order valence-electron chi connectivity index (χ1n) is 16.9. The lowest BCUT2D eigenvalue weighted by atomic mass is 9.93. The van der Waals surface area contributed by atoms with Gasteiger partial charge in [0.25, 0.3) is 0 Å². The molecule has 0 bridgehead atoms. The first-order chi connectivity index (χ1) is 25.2. The molecule has 0 aliphatic carbocycles. The molecule has 5 nitrogen and oxygen atoms in total. The molecule has 0 aliphatic rings. The number of fused-ring (bicyclic) bond motifs is 4. The normalized spacial score (nSPS) is 11.6. The summed E-state index contributed by atoms with van der Waals surface area (Å²) in [5, 5.41) is 3.04. The van der Waals surface area contributed by atoms with Crippen LogP contribution in [0.2, 0.25) is 0 Å². The number of para-hydroxylation sites is 1. The van der Waals surface area contributed by atoms with Crippen LogP contribution in [-0.4, -0.2) is 15.0 Å². The molecule has 3 aromatic heterocycles. The van der Waals surface area contributed by atoms with Gasteiger partial charge in [0.15, 0.2) is 17.5 Å². The molecule has 242 valence electrons. The van der Waals surface area contributed by atoms with E-state index in [1.165, 1.54) is 0 Å². The van der Waals surface area contributed by atoms with Gasteiger partial charge in [-0.25, -0.2) is 15.0 Å². The van der Waals surface area contributed by atoms with Gasteiger partial charge in [0.2, 0.25) is 0 Å². The molecule has 0 unspecified atom stereocenters. The third-order valence-corrected chi connectivity index (χ3v) is 9.26. The van der Waals surface area contributed by atoms with Gasteiger partial charge in [0, 0.05) is 49.5 Å². The summed E-state index contributed by atoms with van der Waals surface area (Å²) in [6.45, 7) is 6.18. The summed E-state index contributed by atoms with van der Waals surface area (Å²) in [7, 11) is 0. The fourth-order valence-corrected chi connectivity index (χ4v) is 6.88. The summed E-state index contributed by atoms with van der Waals surface area (Å²) in [6, 6.07) is 47.1. The smallest absolute Gasteiger partial charge is 0.164 e. The van der Waals surface area contributed by atoms with Crippen LogP contribution in [0.15, 0.2) is 161 Å². The molecule has 0 N–H and O–H groups in total. The van der Waals surface area contributed by atoms with Crippen molar-refractivity contribution in [3.05, 3.63) is 164 Å². The van der Waals surface area contributed by atoms with Crippen molar-refractivity contribution < 1.29 is 8.83 Å². The Morgan fingerprint density at radius 2 is 1.12 bits per heavy atom. The van der Waals surface area contributed by atoms with Crippen LogP contribution in [0, 0.1) is 0 Å². The van der Waals surface area contributed by atoms with Gasteiger partial charge >= 0.3 is 0 Å². The third-order valence-electron chi connectivity index (χ3n) is 9.26. The average molecular weight is 658 g/mol. The Hall–Kier alpha value is -6.85. The van der Waals surface area contributed by atoms with Crippen molar-refractivity contribution in [3.8, 4) is 56.4 Å². The lowest BCUT2D eigenvalue weighted by Crippen LogP contribution is -2.00. The van der Waals surface area contributed by atoms with Gasteiger partial charge in [-0.15, -0.1) is 0 Å². The standard InChI is InChI=1S/C46H31N3O2/c1-3-15-39-33(4-2)41-36(27-26-34(43(41)50-39)29-16-8-5-9-17-29)38-23-14-22-37-35-25-24-32(28-40(35)51-42(37)38)46-48-44(30-18-10-6-11-19-30)47-45(49-46)31-20-12-7-13-21-31/h3-28H,2H2,1H3/b15-3-. The van der Waals surface area contributed by atoms with Crippen LogP contribution in [-0.2, 0) is 0 Å². The van der Waals surface area contributed by atoms with E-state index in [4.69, 9.17) is 23.8 Å². The molecule has 0 fully saturated rings. The van der Waals surface area contributed by atoms with Crippen molar-refractivity contribution in [3.63, 3.8) is 0 Å². The quantitative estimate of drug-likeness (QED) is 0.171. The van der Waals surface area contributed by atoms with Crippen LogP contribution >= 0.6 is 0 Å². The molecule has 9 rings (SSSR count). The summed E-state index contributed by atoms with van der Waals surface area (Å²) >= 11 is 0. The maximum atomic E-state index is 6.78. The van der Waals surface area contributed by atoms with Crippen molar-refractivity contribution >= 4 is 45.1 Å². The minimum atomic E-state index is 0.578. The highest BCUT2D eigenvalue weighted by Gasteiger charge is 2.22. The SMILES string of the molecule is C=Cc1c(/C=C\C)oc2c(-c3ccccc3)ccc(-c3cccc4c3oc3cc(-c5nc(-c6ccccc6)nc(-c6ccccc6)n5)ccc34)c12. The first-order valence-corrected chi connectivity index (χ1v) is 16.9. The fourth-order valence-electron chi connectivity index (χ4n) is 6.88. The fraction of sp³-hybridized carbons (Fsp3) is 0.0217. The Balaban J connectivity index is 1.23. The van der Waals surface area contributed by atoms with E-state index in [-0.39, 0.29) is 0 Å². The Morgan fingerprint density at radius 1 is 0.510 bits per heavy atom. The molecule has 0 atom stereocenters. The number of allylic oxidation sites excluding steroid dienone is 1. The van der Waals surface area contributed by atoms with Crippen LogP contribution < -0.4 is 0 Å². The molecule has 0 amide bonds. The van der Waals surface area contributed by atoms with Crippen molar-refractivity contribution in [1.82, 2.24) is 15.0 Å². The number of furan rings is 2. The zero-order chi connectivity index (χ0) is 34.3. The average Bonchev–Trinajstić information content (AvgIpc) is 3.76. The van der Waals surface area contributed by atoms with Crippen molar-refractivity contribution in [1.29, 1.82) is 0 Å². The first kappa shape index (κ1) is 30.2. The van der Waals surface area contributed by atoms with Gasteiger partial charge in [0.1, 0.15) is 22.5 Å². The Bertz CT molecular complexity index is 2700. The molecule has 0 spiro atoms. The maximum Gasteiger partial charge on any atom is 0.164 e. The zero-order valence-corrected chi connectivity index (χ0v) is 27.9. The Morgan fingerprint density at radius 3 is 1.75 bits per heavy atom. The van der Waals surface area contributed by atoms with E-state index in [9.17, 15) is 0 Å². The highest BCUT2D eigenvalue weighted by Crippen LogP contribution is 2.45. The molecule has 0 aliphatic heterocycles. The van der Waals surface area contributed by atoms with Crippen LogP contribution in [0.4, 0.5) is 0 Å². The summed E-state index contributed by atoms with van der Waals surface area (Å²) < 4.78 is 13.4. The molecule has 51 heavy (non-hydrogen) atoms. The molecular formula is C46H31N3O2. The highest BCUT2D eigenvalue weighted by molar-refractivity contribution is 6.15. The van der Waals surface area contributed by atoms with Crippen LogP contribution in [0.5, 0.6) is 0 Å². The van der Waals surface area contributed by atoms with Gasteiger partial charge < -0.3 is 8.83 Å². The van der Waals surface area contributed by atoms with Gasteiger partial charge in [-0.1, -0.05) is 140 Å². The number of hydrogen-bond acceptors (Lipinski definition) is 5. The van der Waals surface area contributed by atoms with Gasteiger partial charge in [0.05, 0.1) is 0 Å². The van der Waals surface area contributed by atoms with E-state index in [2.05, 4.69) is 61.2 Å². The monoisotopic (exact) mass is 657 g/mol. The van der Waals surface area contributed by atoms with Crippen molar-refractivity contribution in [2.75, 3.05) is 0 Å². The third kappa shape index (κ3) is 5.23. The number of rotatable bonds is 7. The highest BCUT2D eigenvalue weighted by atomic mass is 16.3. The molecule has 9 aromatic rings. The molecule has 6 aromatic carbocycles. The zero-order valence-electron chi connectivity index (χ0n) is 27.9. The van der Waals surface area contributed by atoms with E-state index in [0.29, 0.717) is 17.5 Å². The van der Waals surface area contributed by atoms with Gasteiger partial charge in [-0.3, -0.25) is 0 Å². The second kappa shape index (κ2) is 12.6.